The maximum Gasteiger partial charge on any atom is 0.264 e. The van der Waals surface area contributed by atoms with E-state index in [1.807, 2.05) is 70.3 Å². The largest absolute Gasteiger partial charge is 0.352 e. The molecule has 0 aliphatic carbocycles. The maximum atomic E-state index is 14.0. The molecular formula is C31H39N3O4S2. The highest BCUT2D eigenvalue weighted by atomic mass is 32.2. The van der Waals surface area contributed by atoms with Crippen LogP contribution in [0.3, 0.4) is 0 Å². The Morgan fingerprint density at radius 1 is 0.925 bits per heavy atom. The summed E-state index contributed by atoms with van der Waals surface area (Å²) in [5.41, 5.74) is 3.21. The second-order valence-electron chi connectivity index (χ2n) is 9.96. The van der Waals surface area contributed by atoms with Crippen LogP contribution >= 0.6 is 11.8 Å². The van der Waals surface area contributed by atoms with Gasteiger partial charge in [-0.25, -0.2) is 8.42 Å². The molecule has 3 aromatic rings. The van der Waals surface area contributed by atoms with E-state index >= 15 is 0 Å². The molecule has 9 heteroatoms. The molecule has 214 valence electrons. The van der Waals surface area contributed by atoms with Crippen molar-refractivity contribution in [2.75, 3.05) is 17.1 Å². The van der Waals surface area contributed by atoms with Gasteiger partial charge in [-0.15, -0.1) is 11.8 Å². The normalized spacial score (nSPS) is 12.8. The van der Waals surface area contributed by atoms with E-state index in [1.165, 1.54) is 16.7 Å². The molecule has 0 bridgehead atoms. The third kappa shape index (κ3) is 7.67. The van der Waals surface area contributed by atoms with Gasteiger partial charge in [-0.3, -0.25) is 13.9 Å². The van der Waals surface area contributed by atoms with E-state index in [2.05, 4.69) is 5.32 Å². The van der Waals surface area contributed by atoms with Crippen molar-refractivity contribution in [1.29, 1.82) is 0 Å². The highest BCUT2D eigenvalue weighted by Crippen LogP contribution is 2.26. The average molecular weight is 582 g/mol. The van der Waals surface area contributed by atoms with Crippen LogP contribution in [0, 0.1) is 13.8 Å². The summed E-state index contributed by atoms with van der Waals surface area (Å²) in [7, 11) is -4.09. The fourth-order valence-electron chi connectivity index (χ4n) is 4.13. The van der Waals surface area contributed by atoms with Crippen molar-refractivity contribution >= 4 is 39.3 Å². The van der Waals surface area contributed by atoms with Gasteiger partial charge < -0.3 is 10.2 Å². The second-order valence-corrected chi connectivity index (χ2v) is 12.7. The van der Waals surface area contributed by atoms with Gasteiger partial charge in [-0.2, -0.15) is 0 Å². The number of carbonyl (C=O) groups excluding carboxylic acids is 2. The van der Waals surface area contributed by atoms with Gasteiger partial charge in [-0.1, -0.05) is 48.9 Å². The van der Waals surface area contributed by atoms with Crippen molar-refractivity contribution in [3.8, 4) is 0 Å². The molecule has 1 N–H and O–H groups in total. The first kappa shape index (κ1) is 31.2. The van der Waals surface area contributed by atoms with E-state index in [0.717, 1.165) is 32.3 Å². The minimum Gasteiger partial charge on any atom is -0.352 e. The zero-order valence-corrected chi connectivity index (χ0v) is 25.7. The van der Waals surface area contributed by atoms with Crippen molar-refractivity contribution in [1.82, 2.24) is 10.2 Å². The van der Waals surface area contributed by atoms with Gasteiger partial charge in [-0.05, 0) is 87.9 Å². The molecule has 7 nitrogen and oxygen atoms in total. The van der Waals surface area contributed by atoms with Crippen LogP contribution in [0.1, 0.15) is 43.9 Å². The molecule has 0 saturated carbocycles. The molecule has 0 unspecified atom stereocenters. The number of rotatable bonds is 12. The summed E-state index contributed by atoms with van der Waals surface area (Å²) in [6, 6.07) is 20.4. The highest BCUT2D eigenvalue weighted by molar-refractivity contribution is 7.98. The van der Waals surface area contributed by atoms with Crippen LogP contribution in [0.25, 0.3) is 0 Å². The number of nitrogens with zero attached hydrogens (tertiary/aromatic N) is 2. The van der Waals surface area contributed by atoms with Gasteiger partial charge in [0.25, 0.3) is 10.0 Å². The minimum atomic E-state index is -4.09. The van der Waals surface area contributed by atoms with Crippen LogP contribution in [-0.2, 0) is 26.2 Å². The third-order valence-electron chi connectivity index (χ3n) is 7.02. The summed E-state index contributed by atoms with van der Waals surface area (Å²) < 4.78 is 29.0. The van der Waals surface area contributed by atoms with Crippen LogP contribution in [0.4, 0.5) is 5.69 Å². The molecule has 0 fully saturated rings. The van der Waals surface area contributed by atoms with E-state index in [9.17, 15) is 18.0 Å². The SMILES string of the molecule is CC[C@@H](C)NC(=O)[C@@H](C)N(Cc1ccccc1C)C(=O)CN(c1ccc(C)cc1)S(=O)(=O)c1ccc(SC)cc1. The molecule has 3 rings (SSSR count). The van der Waals surface area contributed by atoms with Gasteiger partial charge in [0.05, 0.1) is 10.6 Å². The molecule has 2 amide bonds. The zero-order chi connectivity index (χ0) is 29.4. The monoisotopic (exact) mass is 581 g/mol. The molecule has 0 aliphatic heterocycles. The van der Waals surface area contributed by atoms with Crippen LogP contribution in [-0.4, -0.2) is 50.0 Å². The zero-order valence-electron chi connectivity index (χ0n) is 24.0. The van der Waals surface area contributed by atoms with E-state index in [-0.39, 0.29) is 23.4 Å². The first-order chi connectivity index (χ1) is 19.0. The van der Waals surface area contributed by atoms with E-state index in [0.29, 0.717) is 5.69 Å². The number of amides is 2. The first-order valence-corrected chi connectivity index (χ1v) is 16.0. The lowest BCUT2D eigenvalue weighted by Gasteiger charge is -2.32. The van der Waals surface area contributed by atoms with Crippen molar-refractivity contribution in [2.45, 2.75) is 69.5 Å². The lowest BCUT2D eigenvalue weighted by molar-refractivity contribution is -0.139. The van der Waals surface area contributed by atoms with Gasteiger partial charge in [0.15, 0.2) is 0 Å². The summed E-state index contributed by atoms with van der Waals surface area (Å²) in [4.78, 5) is 29.7. The van der Waals surface area contributed by atoms with Gasteiger partial charge >= 0.3 is 0 Å². The first-order valence-electron chi connectivity index (χ1n) is 13.4. The minimum absolute atomic E-state index is 0.0564. The standard InChI is InChI=1S/C31H39N3O4S2/c1-7-24(4)32-31(36)25(5)33(20-26-11-9-8-10-23(26)3)30(35)21-34(27-14-12-22(2)13-15-27)40(37,38)29-18-16-28(39-6)17-19-29/h8-19,24-25H,7,20-21H2,1-6H3,(H,32,36)/t24-,25-/m1/s1. The number of hydrogen-bond donors (Lipinski definition) is 1. The number of thioether (sulfide) groups is 1. The lowest BCUT2D eigenvalue weighted by atomic mass is 10.1. The fraction of sp³-hybridized carbons (Fsp3) is 0.355. The Morgan fingerprint density at radius 2 is 1.55 bits per heavy atom. The number of hydrogen-bond acceptors (Lipinski definition) is 5. The number of aryl methyl sites for hydroxylation is 2. The summed E-state index contributed by atoms with van der Waals surface area (Å²) in [6.07, 6.45) is 2.67. The van der Waals surface area contributed by atoms with Crippen molar-refractivity contribution < 1.29 is 18.0 Å². The Morgan fingerprint density at radius 3 is 2.12 bits per heavy atom. The lowest BCUT2D eigenvalue weighted by Crippen LogP contribution is -2.52. The molecule has 0 heterocycles. The summed E-state index contributed by atoms with van der Waals surface area (Å²) in [6.45, 7) is 9.14. The highest BCUT2D eigenvalue weighted by Gasteiger charge is 2.33. The molecule has 3 aromatic carbocycles. The van der Waals surface area contributed by atoms with E-state index in [4.69, 9.17) is 0 Å². The Balaban J connectivity index is 2.03. The molecule has 0 aromatic heterocycles. The fourth-order valence-corrected chi connectivity index (χ4v) is 5.96. The van der Waals surface area contributed by atoms with Crippen LogP contribution in [0.5, 0.6) is 0 Å². The number of benzene rings is 3. The van der Waals surface area contributed by atoms with Gasteiger partial charge in [0.1, 0.15) is 12.6 Å². The molecule has 0 aliphatic rings. The third-order valence-corrected chi connectivity index (χ3v) is 9.55. The topological polar surface area (TPSA) is 86.8 Å². The van der Waals surface area contributed by atoms with Crippen LogP contribution < -0.4 is 9.62 Å². The Kier molecular flexibility index (Phi) is 10.8. The van der Waals surface area contributed by atoms with Crippen molar-refractivity contribution in [3.05, 3.63) is 89.5 Å². The quantitative estimate of drug-likeness (QED) is 0.283. The van der Waals surface area contributed by atoms with Crippen LogP contribution in [0.2, 0.25) is 0 Å². The number of carbonyl (C=O) groups is 2. The predicted molar refractivity (Wildman–Crippen MR) is 163 cm³/mol. The van der Waals surface area contributed by atoms with E-state index < -0.39 is 28.5 Å². The van der Waals surface area contributed by atoms with Gasteiger partial charge in [0, 0.05) is 17.5 Å². The summed E-state index contributed by atoms with van der Waals surface area (Å²) in [5.74, 6) is -0.756. The Bertz CT molecular complexity index is 1410. The predicted octanol–water partition coefficient (Wildman–Crippen LogP) is 5.55. The summed E-state index contributed by atoms with van der Waals surface area (Å²) in [5, 5.41) is 2.96. The number of nitrogens with one attached hydrogen (secondary N) is 1. The number of sulfonamides is 1. The number of anilines is 1. The van der Waals surface area contributed by atoms with Gasteiger partial charge in [0.2, 0.25) is 11.8 Å². The molecule has 2 atom stereocenters. The smallest absolute Gasteiger partial charge is 0.264 e. The molecule has 0 radical (unpaired) electrons. The van der Waals surface area contributed by atoms with Crippen molar-refractivity contribution in [3.63, 3.8) is 0 Å². The second kappa shape index (κ2) is 13.9. The molecular weight excluding hydrogens is 542 g/mol. The van der Waals surface area contributed by atoms with Crippen LogP contribution in [0.15, 0.2) is 82.6 Å². The van der Waals surface area contributed by atoms with E-state index in [1.54, 1.807) is 43.3 Å². The maximum absolute atomic E-state index is 14.0. The Hall–Kier alpha value is -3.30. The molecule has 0 saturated heterocycles. The molecule has 0 spiro atoms. The molecule has 40 heavy (non-hydrogen) atoms. The van der Waals surface area contributed by atoms with Crippen molar-refractivity contribution in [2.24, 2.45) is 0 Å². The Labute approximate surface area is 243 Å². The average Bonchev–Trinajstić information content (AvgIpc) is 2.95. The summed E-state index contributed by atoms with van der Waals surface area (Å²) >= 11 is 1.52.